The molecule has 2 N–H and O–H groups in total. The van der Waals surface area contributed by atoms with Crippen molar-refractivity contribution < 1.29 is 0 Å². The highest BCUT2D eigenvalue weighted by molar-refractivity contribution is 5.79. The van der Waals surface area contributed by atoms with Gasteiger partial charge in [0, 0.05) is 19.0 Å². The largest absolute Gasteiger partial charge is 0.329 e. The average Bonchev–Trinajstić information content (AvgIpc) is 3.05. The second kappa shape index (κ2) is 3.59. The van der Waals surface area contributed by atoms with Crippen LogP contribution in [-0.4, -0.2) is 16.1 Å². The Bertz CT molecular complexity index is 523. The number of aryl methyl sites for hydroxylation is 1. The smallest absolute Gasteiger partial charge is 0.113 e. The topological polar surface area (TPSA) is 43.8 Å². The van der Waals surface area contributed by atoms with E-state index in [1.807, 2.05) is 0 Å². The van der Waals surface area contributed by atoms with Gasteiger partial charge in [0.25, 0.3) is 0 Å². The number of imidazole rings is 1. The van der Waals surface area contributed by atoms with Crippen molar-refractivity contribution in [3.05, 3.63) is 29.6 Å². The van der Waals surface area contributed by atoms with Crippen LogP contribution < -0.4 is 5.73 Å². The number of fused-ring (bicyclic) bond motifs is 1. The third-order valence-electron chi connectivity index (χ3n) is 3.31. The highest BCUT2D eigenvalue weighted by Crippen LogP contribution is 2.40. The summed E-state index contributed by atoms with van der Waals surface area (Å²) in [6.07, 6.45) is 2.57. The number of hydrogen-bond acceptors (Lipinski definition) is 2. The summed E-state index contributed by atoms with van der Waals surface area (Å²) in [5.41, 5.74) is 9.34. The van der Waals surface area contributed by atoms with E-state index in [0.29, 0.717) is 12.5 Å². The van der Waals surface area contributed by atoms with Crippen molar-refractivity contribution in [1.29, 1.82) is 0 Å². The standard InChI is InChI=1S/C13H17N3/c1-9-3-2-4-11-12(9)15-13(10-5-6-10)16(11)8-7-14/h2-4,10H,5-8,14H2,1H3. The Balaban J connectivity index is 2.23. The van der Waals surface area contributed by atoms with Crippen molar-refractivity contribution in [3.8, 4) is 0 Å². The number of nitrogens with two attached hydrogens (primary N) is 1. The molecule has 0 aliphatic heterocycles. The molecule has 16 heavy (non-hydrogen) atoms. The molecule has 1 saturated carbocycles. The van der Waals surface area contributed by atoms with E-state index in [4.69, 9.17) is 10.7 Å². The molecule has 0 spiro atoms. The highest BCUT2D eigenvalue weighted by atomic mass is 15.1. The molecule has 1 aromatic heterocycles. The van der Waals surface area contributed by atoms with Crippen LogP contribution in [0.25, 0.3) is 11.0 Å². The van der Waals surface area contributed by atoms with Gasteiger partial charge in [0.15, 0.2) is 0 Å². The van der Waals surface area contributed by atoms with Gasteiger partial charge in [0.2, 0.25) is 0 Å². The van der Waals surface area contributed by atoms with Gasteiger partial charge >= 0.3 is 0 Å². The van der Waals surface area contributed by atoms with Gasteiger partial charge in [-0.2, -0.15) is 0 Å². The zero-order valence-electron chi connectivity index (χ0n) is 9.61. The minimum Gasteiger partial charge on any atom is -0.329 e. The van der Waals surface area contributed by atoms with Crippen molar-refractivity contribution in [2.75, 3.05) is 6.54 Å². The molecule has 3 heteroatoms. The van der Waals surface area contributed by atoms with Gasteiger partial charge in [-0.1, -0.05) is 12.1 Å². The summed E-state index contributed by atoms with van der Waals surface area (Å²) in [6, 6.07) is 6.37. The Kier molecular flexibility index (Phi) is 2.21. The molecule has 0 radical (unpaired) electrons. The summed E-state index contributed by atoms with van der Waals surface area (Å²) < 4.78 is 2.31. The summed E-state index contributed by atoms with van der Waals surface area (Å²) in [4.78, 5) is 4.80. The summed E-state index contributed by atoms with van der Waals surface area (Å²) in [6.45, 7) is 3.68. The van der Waals surface area contributed by atoms with Crippen LogP contribution in [0.5, 0.6) is 0 Å². The summed E-state index contributed by atoms with van der Waals surface area (Å²) in [5, 5.41) is 0. The van der Waals surface area contributed by atoms with Crippen LogP contribution in [0.3, 0.4) is 0 Å². The fourth-order valence-corrected chi connectivity index (χ4v) is 2.32. The number of para-hydroxylation sites is 1. The highest BCUT2D eigenvalue weighted by Gasteiger charge is 2.29. The first kappa shape index (κ1) is 9.85. The van der Waals surface area contributed by atoms with Crippen molar-refractivity contribution in [2.24, 2.45) is 5.73 Å². The Morgan fingerprint density at radius 2 is 2.25 bits per heavy atom. The molecule has 2 aromatic rings. The first-order valence-electron chi connectivity index (χ1n) is 5.97. The van der Waals surface area contributed by atoms with Crippen LogP contribution in [-0.2, 0) is 6.54 Å². The van der Waals surface area contributed by atoms with E-state index in [0.717, 1.165) is 12.1 Å². The van der Waals surface area contributed by atoms with Gasteiger partial charge in [-0.15, -0.1) is 0 Å². The maximum Gasteiger partial charge on any atom is 0.113 e. The molecule has 0 amide bonds. The predicted octanol–water partition coefficient (Wildman–Crippen LogP) is 2.18. The SMILES string of the molecule is Cc1cccc2c1nc(C1CC1)n2CCN. The molecule has 1 aliphatic carbocycles. The van der Waals surface area contributed by atoms with Crippen LogP contribution in [0.4, 0.5) is 0 Å². The minimum atomic E-state index is 0.679. The molecule has 0 unspecified atom stereocenters. The molecular weight excluding hydrogens is 198 g/mol. The first-order chi connectivity index (χ1) is 7.81. The second-order valence-electron chi connectivity index (χ2n) is 4.63. The van der Waals surface area contributed by atoms with E-state index >= 15 is 0 Å². The Hall–Kier alpha value is -1.35. The number of aromatic nitrogens is 2. The molecule has 0 bridgehead atoms. The van der Waals surface area contributed by atoms with Crippen molar-refractivity contribution in [3.63, 3.8) is 0 Å². The van der Waals surface area contributed by atoms with E-state index in [9.17, 15) is 0 Å². The van der Waals surface area contributed by atoms with E-state index in [-0.39, 0.29) is 0 Å². The monoisotopic (exact) mass is 215 g/mol. The van der Waals surface area contributed by atoms with Gasteiger partial charge in [0.1, 0.15) is 5.82 Å². The van der Waals surface area contributed by atoms with Gasteiger partial charge in [-0.3, -0.25) is 0 Å². The molecule has 1 fully saturated rings. The molecule has 84 valence electrons. The lowest BCUT2D eigenvalue weighted by atomic mass is 10.2. The van der Waals surface area contributed by atoms with Crippen molar-refractivity contribution >= 4 is 11.0 Å². The molecule has 1 aliphatic rings. The van der Waals surface area contributed by atoms with Crippen molar-refractivity contribution in [2.45, 2.75) is 32.2 Å². The number of rotatable bonds is 3. The van der Waals surface area contributed by atoms with Crippen LogP contribution in [0.1, 0.15) is 30.1 Å². The van der Waals surface area contributed by atoms with Crippen molar-refractivity contribution in [1.82, 2.24) is 9.55 Å². The number of nitrogens with zero attached hydrogens (tertiary/aromatic N) is 2. The Morgan fingerprint density at radius 1 is 1.44 bits per heavy atom. The zero-order chi connectivity index (χ0) is 11.1. The van der Waals surface area contributed by atoms with E-state index < -0.39 is 0 Å². The molecule has 0 saturated heterocycles. The molecule has 1 aromatic carbocycles. The first-order valence-corrected chi connectivity index (χ1v) is 5.97. The predicted molar refractivity (Wildman–Crippen MR) is 65.5 cm³/mol. The lowest BCUT2D eigenvalue weighted by Gasteiger charge is -2.06. The van der Waals surface area contributed by atoms with Crippen LogP contribution >= 0.6 is 0 Å². The number of benzene rings is 1. The summed E-state index contributed by atoms with van der Waals surface area (Å²) in [5.74, 6) is 1.92. The normalized spacial score (nSPS) is 15.9. The van der Waals surface area contributed by atoms with Gasteiger partial charge in [0.05, 0.1) is 11.0 Å². The lowest BCUT2D eigenvalue weighted by molar-refractivity contribution is 0.680. The maximum absolute atomic E-state index is 5.69. The maximum atomic E-state index is 5.69. The third kappa shape index (κ3) is 1.43. The minimum absolute atomic E-state index is 0.679. The average molecular weight is 215 g/mol. The fourth-order valence-electron chi connectivity index (χ4n) is 2.32. The fraction of sp³-hybridized carbons (Fsp3) is 0.462. The van der Waals surface area contributed by atoms with E-state index in [1.54, 1.807) is 0 Å². The quantitative estimate of drug-likeness (QED) is 0.852. The van der Waals surface area contributed by atoms with Crippen LogP contribution in [0.15, 0.2) is 18.2 Å². The van der Waals surface area contributed by atoms with Gasteiger partial charge in [-0.05, 0) is 31.4 Å². The van der Waals surface area contributed by atoms with E-state index in [1.165, 1.54) is 29.7 Å². The van der Waals surface area contributed by atoms with Crippen LogP contribution in [0, 0.1) is 6.92 Å². The Labute approximate surface area is 95.3 Å². The molecule has 1 heterocycles. The molecule has 0 atom stereocenters. The Morgan fingerprint density at radius 3 is 2.94 bits per heavy atom. The lowest BCUT2D eigenvalue weighted by Crippen LogP contribution is -2.12. The molecule has 3 nitrogen and oxygen atoms in total. The second-order valence-corrected chi connectivity index (χ2v) is 4.63. The summed E-state index contributed by atoms with van der Waals surface area (Å²) >= 11 is 0. The van der Waals surface area contributed by atoms with E-state index in [2.05, 4.69) is 29.7 Å². The summed E-state index contributed by atoms with van der Waals surface area (Å²) in [7, 11) is 0. The molecule has 3 rings (SSSR count). The zero-order valence-corrected chi connectivity index (χ0v) is 9.61. The van der Waals surface area contributed by atoms with Crippen LogP contribution in [0.2, 0.25) is 0 Å². The molecular formula is C13H17N3. The number of hydrogen-bond donors (Lipinski definition) is 1. The third-order valence-corrected chi connectivity index (χ3v) is 3.31. The van der Waals surface area contributed by atoms with Gasteiger partial charge in [-0.25, -0.2) is 4.98 Å². The van der Waals surface area contributed by atoms with Gasteiger partial charge < -0.3 is 10.3 Å².